The average molecular weight is 298 g/mol. The van der Waals surface area contributed by atoms with E-state index in [9.17, 15) is 4.79 Å². The average Bonchev–Trinajstić information content (AvgIpc) is 2.37. The second kappa shape index (κ2) is 5.77. The number of aromatic nitrogens is 1. The summed E-state index contributed by atoms with van der Waals surface area (Å²) < 4.78 is 0.720. The van der Waals surface area contributed by atoms with E-state index in [1.54, 1.807) is 24.3 Å². The summed E-state index contributed by atoms with van der Waals surface area (Å²) in [6, 6.07) is 8.91. The molecule has 2 amide bonds. The molecule has 1 heterocycles. The van der Waals surface area contributed by atoms with Gasteiger partial charge in [0.2, 0.25) is 0 Å². The van der Waals surface area contributed by atoms with Crippen LogP contribution in [0.15, 0.2) is 47.6 Å². The van der Waals surface area contributed by atoms with Gasteiger partial charge in [0.1, 0.15) is 5.15 Å². The molecule has 0 saturated carbocycles. The van der Waals surface area contributed by atoms with E-state index in [0.717, 1.165) is 4.73 Å². The molecule has 0 spiro atoms. The number of amides is 2. The van der Waals surface area contributed by atoms with Gasteiger partial charge >= 0.3 is 6.03 Å². The van der Waals surface area contributed by atoms with Crippen molar-refractivity contribution in [3.63, 3.8) is 0 Å². The molecule has 0 atom stereocenters. The molecule has 2 rings (SSSR count). The summed E-state index contributed by atoms with van der Waals surface area (Å²) in [6.45, 7) is 0. The Morgan fingerprint density at radius 1 is 1.21 bits per heavy atom. The number of nitrogens with zero attached hydrogens (tertiary/aromatic N) is 2. The van der Waals surface area contributed by atoms with Gasteiger partial charge in [-0.3, -0.25) is 0 Å². The SMILES string of the molecule is O=C(/N=c1/ccn(O)c(Cl)c1)Nc1ccc(Cl)cc1. The number of hydrogen-bond donors (Lipinski definition) is 2. The van der Waals surface area contributed by atoms with Crippen molar-refractivity contribution >= 4 is 34.9 Å². The molecule has 19 heavy (non-hydrogen) atoms. The molecule has 0 bridgehead atoms. The Balaban J connectivity index is 2.16. The first-order valence-electron chi connectivity index (χ1n) is 5.23. The summed E-state index contributed by atoms with van der Waals surface area (Å²) in [4.78, 5) is 15.4. The van der Waals surface area contributed by atoms with Gasteiger partial charge in [0, 0.05) is 23.0 Å². The fourth-order valence-corrected chi connectivity index (χ4v) is 1.62. The van der Waals surface area contributed by atoms with Crippen LogP contribution in [-0.4, -0.2) is 16.0 Å². The molecule has 1 aromatic heterocycles. The summed E-state index contributed by atoms with van der Waals surface area (Å²) in [6.07, 6.45) is 1.29. The van der Waals surface area contributed by atoms with E-state index in [2.05, 4.69) is 10.3 Å². The van der Waals surface area contributed by atoms with Crippen LogP contribution in [0, 0.1) is 0 Å². The minimum atomic E-state index is -0.547. The molecule has 0 aliphatic carbocycles. The zero-order chi connectivity index (χ0) is 13.8. The van der Waals surface area contributed by atoms with Gasteiger partial charge in [-0.1, -0.05) is 23.2 Å². The van der Waals surface area contributed by atoms with Crippen molar-refractivity contribution in [3.8, 4) is 0 Å². The van der Waals surface area contributed by atoms with Crippen LogP contribution in [-0.2, 0) is 0 Å². The van der Waals surface area contributed by atoms with E-state index in [1.165, 1.54) is 18.3 Å². The van der Waals surface area contributed by atoms with E-state index in [-0.39, 0.29) is 5.15 Å². The van der Waals surface area contributed by atoms with Crippen molar-refractivity contribution in [3.05, 3.63) is 58.1 Å². The van der Waals surface area contributed by atoms with Gasteiger partial charge in [0.15, 0.2) is 0 Å². The quantitative estimate of drug-likeness (QED) is 0.627. The van der Waals surface area contributed by atoms with E-state index < -0.39 is 6.03 Å². The molecule has 2 N–H and O–H groups in total. The number of urea groups is 1. The van der Waals surface area contributed by atoms with E-state index in [4.69, 9.17) is 28.4 Å². The molecular weight excluding hydrogens is 289 g/mol. The standard InChI is InChI=1S/C12H9Cl2N3O2/c13-8-1-3-9(4-2-8)15-12(18)16-10-5-6-17(19)11(14)7-10/h1-7,19H,(H,15,18)/b16-10-. The first kappa shape index (κ1) is 13.5. The molecule has 0 aliphatic rings. The number of rotatable bonds is 1. The smallest absolute Gasteiger partial charge is 0.345 e. The fraction of sp³-hybridized carbons (Fsp3) is 0. The molecule has 5 nitrogen and oxygen atoms in total. The van der Waals surface area contributed by atoms with Crippen molar-refractivity contribution in [2.45, 2.75) is 0 Å². The van der Waals surface area contributed by atoms with Crippen LogP contribution in [0.5, 0.6) is 0 Å². The van der Waals surface area contributed by atoms with E-state index >= 15 is 0 Å². The van der Waals surface area contributed by atoms with Crippen molar-refractivity contribution in [1.29, 1.82) is 0 Å². The molecule has 0 fully saturated rings. The number of benzene rings is 1. The largest absolute Gasteiger partial charge is 0.428 e. The van der Waals surface area contributed by atoms with Gasteiger partial charge in [0.25, 0.3) is 0 Å². The molecular formula is C12H9Cl2N3O2. The maximum absolute atomic E-state index is 11.6. The number of carbonyl (C=O) groups is 1. The third kappa shape index (κ3) is 3.74. The fourth-order valence-electron chi connectivity index (χ4n) is 1.33. The lowest BCUT2D eigenvalue weighted by Crippen LogP contribution is -2.13. The Morgan fingerprint density at radius 2 is 1.89 bits per heavy atom. The Kier molecular flexibility index (Phi) is 4.09. The van der Waals surface area contributed by atoms with E-state index in [1.807, 2.05) is 0 Å². The normalized spacial score (nSPS) is 11.4. The van der Waals surface area contributed by atoms with Gasteiger partial charge in [-0.15, -0.1) is 0 Å². The second-order valence-electron chi connectivity index (χ2n) is 3.60. The highest BCUT2D eigenvalue weighted by atomic mass is 35.5. The Hall–Kier alpha value is -1.98. The minimum absolute atomic E-state index is 0.0561. The predicted molar refractivity (Wildman–Crippen MR) is 72.7 cm³/mol. The third-order valence-corrected chi connectivity index (χ3v) is 2.73. The number of hydrogen-bond acceptors (Lipinski definition) is 2. The summed E-state index contributed by atoms with van der Waals surface area (Å²) in [5.74, 6) is 0. The topological polar surface area (TPSA) is 66.6 Å². The van der Waals surface area contributed by atoms with Crippen molar-refractivity contribution in [2.24, 2.45) is 4.99 Å². The van der Waals surface area contributed by atoms with Gasteiger partial charge in [-0.2, -0.15) is 9.72 Å². The summed E-state index contributed by atoms with van der Waals surface area (Å²) in [7, 11) is 0. The van der Waals surface area contributed by atoms with Gasteiger partial charge in [-0.25, -0.2) is 4.79 Å². The summed E-state index contributed by atoms with van der Waals surface area (Å²) >= 11 is 11.4. The van der Waals surface area contributed by atoms with Crippen LogP contribution in [0.1, 0.15) is 0 Å². The number of pyridine rings is 1. The molecule has 0 radical (unpaired) electrons. The number of anilines is 1. The molecule has 0 aliphatic heterocycles. The van der Waals surface area contributed by atoms with Crippen molar-refractivity contribution in [1.82, 2.24) is 4.73 Å². The Labute approximate surface area is 118 Å². The summed E-state index contributed by atoms with van der Waals surface area (Å²) in [5, 5.41) is 12.7. The van der Waals surface area contributed by atoms with Crippen LogP contribution < -0.4 is 10.7 Å². The zero-order valence-corrected chi connectivity index (χ0v) is 11.1. The van der Waals surface area contributed by atoms with Crippen molar-refractivity contribution in [2.75, 3.05) is 5.32 Å². The lowest BCUT2D eigenvalue weighted by molar-refractivity contribution is 0.185. The molecule has 0 saturated heterocycles. The molecule has 2 aromatic rings. The number of halogens is 2. The highest BCUT2D eigenvalue weighted by Crippen LogP contribution is 2.13. The predicted octanol–water partition coefficient (Wildman–Crippen LogP) is 3.17. The lowest BCUT2D eigenvalue weighted by atomic mass is 10.3. The Morgan fingerprint density at radius 3 is 2.53 bits per heavy atom. The lowest BCUT2D eigenvalue weighted by Gasteiger charge is -2.01. The first-order valence-corrected chi connectivity index (χ1v) is 5.99. The number of nitrogens with one attached hydrogen (secondary N) is 1. The van der Waals surface area contributed by atoms with Gasteiger partial charge < -0.3 is 10.5 Å². The van der Waals surface area contributed by atoms with Gasteiger partial charge in [-0.05, 0) is 30.3 Å². The van der Waals surface area contributed by atoms with Crippen molar-refractivity contribution < 1.29 is 10.0 Å². The maximum Gasteiger partial charge on any atom is 0.345 e. The maximum atomic E-state index is 11.6. The minimum Gasteiger partial charge on any atom is -0.428 e. The highest BCUT2D eigenvalue weighted by molar-refractivity contribution is 6.30. The first-order chi connectivity index (χ1) is 9.04. The van der Waals surface area contributed by atoms with Crippen LogP contribution in [0.25, 0.3) is 0 Å². The van der Waals surface area contributed by atoms with E-state index in [0.29, 0.717) is 16.1 Å². The van der Waals surface area contributed by atoms with Gasteiger partial charge in [0.05, 0.1) is 5.36 Å². The van der Waals surface area contributed by atoms with Crippen LogP contribution >= 0.6 is 23.2 Å². The second-order valence-corrected chi connectivity index (χ2v) is 4.42. The molecule has 0 unspecified atom stereocenters. The number of carbonyl (C=O) groups excluding carboxylic acids is 1. The molecule has 98 valence electrons. The zero-order valence-electron chi connectivity index (χ0n) is 9.55. The summed E-state index contributed by atoms with van der Waals surface area (Å²) in [5.41, 5.74) is 0.581. The highest BCUT2D eigenvalue weighted by Gasteiger charge is 2.00. The molecule has 1 aromatic carbocycles. The molecule has 7 heteroatoms. The Bertz CT molecular complexity index is 665. The van der Waals surface area contributed by atoms with Crippen LogP contribution in [0.2, 0.25) is 10.2 Å². The third-order valence-electron chi connectivity index (χ3n) is 2.20. The van der Waals surface area contributed by atoms with Crippen LogP contribution in [0.3, 0.4) is 0 Å². The van der Waals surface area contributed by atoms with Crippen LogP contribution in [0.4, 0.5) is 10.5 Å². The monoisotopic (exact) mass is 297 g/mol.